The summed E-state index contributed by atoms with van der Waals surface area (Å²) >= 11 is 3.44. The number of hydrogen-bond acceptors (Lipinski definition) is 5. The predicted molar refractivity (Wildman–Crippen MR) is 89.4 cm³/mol. The van der Waals surface area contributed by atoms with E-state index in [1.165, 1.54) is 13.4 Å². The number of hydrogen-bond donors (Lipinski definition) is 0. The maximum absolute atomic E-state index is 11.4. The van der Waals surface area contributed by atoms with E-state index in [2.05, 4.69) is 30.6 Å². The minimum atomic E-state index is -0.357. The molecule has 0 amide bonds. The Morgan fingerprint density at radius 2 is 1.91 bits per heavy atom. The summed E-state index contributed by atoms with van der Waals surface area (Å²) in [5.74, 6) is 0.164. The summed E-state index contributed by atoms with van der Waals surface area (Å²) in [6, 6.07) is 12.8. The lowest BCUT2D eigenvalue weighted by Gasteiger charge is -2.08. The number of carbonyl (C=O) groups is 1. The predicted octanol–water partition coefficient (Wildman–Crippen LogP) is 3.76. The van der Waals surface area contributed by atoms with Crippen molar-refractivity contribution in [1.82, 2.24) is 9.97 Å². The van der Waals surface area contributed by atoms with Gasteiger partial charge in [-0.25, -0.2) is 14.8 Å². The van der Waals surface area contributed by atoms with Crippen LogP contribution in [0.2, 0.25) is 0 Å². The summed E-state index contributed by atoms with van der Waals surface area (Å²) in [7, 11) is 1.36. The van der Waals surface area contributed by atoms with Crippen molar-refractivity contribution in [1.29, 1.82) is 0 Å². The molecule has 0 unspecified atom stereocenters. The Morgan fingerprint density at radius 3 is 2.65 bits per heavy atom. The average Bonchev–Trinajstić information content (AvgIpc) is 2.59. The lowest BCUT2D eigenvalue weighted by molar-refractivity contribution is 0.0600. The van der Waals surface area contributed by atoms with Gasteiger partial charge in [-0.2, -0.15) is 0 Å². The fraction of sp³-hybridized carbons (Fsp3) is 0.118. The molecule has 1 aromatic heterocycles. The first kappa shape index (κ1) is 15.4. The number of rotatable bonds is 4. The summed E-state index contributed by atoms with van der Waals surface area (Å²) < 4.78 is 11.4. The monoisotopic (exact) mass is 372 g/mol. The number of halogens is 1. The first-order valence-electron chi connectivity index (χ1n) is 6.87. The van der Waals surface area contributed by atoms with Crippen LogP contribution in [-0.2, 0) is 11.3 Å². The van der Waals surface area contributed by atoms with E-state index in [1.54, 1.807) is 12.1 Å². The van der Waals surface area contributed by atoms with Crippen molar-refractivity contribution in [3.8, 4) is 5.88 Å². The minimum Gasteiger partial charge on any atom is -0.472 e. The largest absolute Gasteiger partial charge is 0.472 e. The number of nitrogens with zero attached hydrogens (tertiary/aromatic N) is 2. The second-order valence-electron chi connectivity index (χ2n) is 4.82. The van der Waals surface area contributed by atoms with E-state index in [9.17, 15) is 4.79 Å². The third-order valence-electron chi connectivity index (χ3n) is 3.31. The number of fused-ring (bicyclic) bond motifs is 1. The van der Waals surface area contributed by atoms with Gasteiger partial charge in [-0.05, 0) is 35.9 Å². The Balaban J connectivity index is 1.78. The van der Waals surface area contributed by atoms with Crippen molar-refractivity contribution in [2.24, 2.45) is 0 Å². The molecule has 0 fully saturated rings. The van der Waals surface area contributed by atoms with E-state index in [0.717, 1.165) is 20.9 Å². The topological polar surface area (TPSA) is 61.3 Å². The maximum atomic E-state index is 11.4. The molecule has 0 saturated heterocycles. The molecule has 6 heteroatoms. The Bertz CT molecular complexity index is 850. The second kappa shape index (κ2) is 6.75. The molecule has 116 valence electrons. The van der Waals surface area contributed by atoms with Crippen LogP contribution in [0.5, 0.6) is 5.88 Å². The Morgan fingerprint density at radius 1 is 1.13 bits per heavy atom. The van der Waals surface area contributed by atoms with E-state index >= 15 is 0 Å². The second-order valence-corrected chi connectivity index (χ2v) is 5.73. The fourth-order valence-corrected chi connectivity index (χ4v) is 2.49. The molecule has 0 atom stereocenters. The van der Waals surface area contributed by atoms with E-state index in [4.69, 9.17) is 4.74 Å². The van der Waals surface area contributed by atoms with Crippen molar-refractivity contribution < 1.29 is 14.3 Å². The highest BCUT2D eigenvalue weighted by Crippen LogP contribution is 2.25. The Kier molecular flexibility index (Phi) is 4.52. The van der Waals surface area contributed by atoms with Gasteiger partial charge in [0.05, 0.1) is 23.6 Å². The molecule has 3 rings (SSSR count). The molecule has 0 radical (unpaired) electrons. The standard InChI is InChI=1S/C17H13BrN2O3/c1-22-17(21)12-4-2-11(3-5-12)9-23-16-14-8-13(18)6-7-15(14)19-10-20-16/h2-8,10H,9H2,1H3. The van der Waals surface area contributed by atoms with Crippen molar-refractivity contribution in [3.05, 3.63) is 64.4 Å². The molecular formula is C17H13BrN2O3. The highest BCUT2D eigenvalue weighted by molar-refractivity contribution is 9.10. The van der Waals surface area contributed by atoms with E-state index < -0.39 is 0 Å². The van der Waals surface area contributed by atoms with E-state index in [-0.39, 0.29) is 5.97 Å². The normalized spacial score (nSPS) is 10.5. The summed E-state index contributed by atoms with van der Waals surface area (Å²) in [5, 5.41) is 0.841. The van der Waals surface area contributed by atoms with Crippen LogP contribution >= 0.6 is 15.9 Å². The molecule has 0 spiro atoms. The van der Waals surface area contributed by atoms with Crippen molar-refractivity contribution in [2.75, 3.05) is 7.11 Å². The van der Waals surface area contributed by atoms with Gasteiger partial charge in [0.2, 0.25) is 5.88 Å². The number of benzene rings is 2. The summed E-state index contributed by atoms with van der Waals surface area (Å²) in [5.41, 5.74) is 2.26. The molecule has 0 saturated carbocycles. The average molecular weight is 373 g/mol. The van der Waals surface area contributed by atoms with Gasteiger partial charge in [-0.15, -0.1) is 0 Å². The molecule has 0 bridgehead atoms. The first-order valence-corrected chi connectivity index (χ1v) is 7.67. The summed E-state index contributed by atoms with van der Waals surface area (Å²) in [4.78, 5) is 19.8. The quantitative estimate of drug-likeness (QED) is 0.652. The highest BCUT2D eigenvalue weighted by atomic mass is 79.9. The SMILES string of the molecule is COC(=O)c1ccc(COc2ncnc3ccc(Br)cc23)cc1. The first-order chi connectivity index (χ1) is 11.2. The van der Waals surface area contributed by atoms with E-state index in [0.29, 0.717) is 18.1 Å². The van der Waals surface area contributed by atoms with Gasteiger partial charge in [0.15, 0.2) is 0 Å². The fourth-order valence-electron chi connectivity index (χ4n) is 2.13. The van der Waals surface area contributed by atoms with Gasteiger partial charge >= 0.3 is 5.97 Å². The number of methoxy groups -OCH3 is 1. The zero-order valence-corrected chi connectivity index (χ0v) is 13.9. The van der Waals surface area contributed by atoms with Gasteiger partial charge in [0, 0.05) is 4.47 Å². The van der Waals surface area contributed by atoms with Crippen molar-refractivity contribution in [3.63, 3.8) is 0 Å². The smallest absolute Gasteiger partial charge is 0.337 e. The number of aromatic nitrogens is 2. The maximum Gasteiger partial charge on any atom is 0.337 e. The van der Waals surface area contributed by atoms with E-state index in [1.807, 2.05) is 30.3 Å². The van der Waals surface area contributed by atoms with Gasteiger partial charge in [-0.3, -0.25) is 0 Å². The van der Waals surface area contributed by atoms with Gasteiger partial charge in [-0.1, -0.05) is 28.1 Å². The molecule has 0 aliphatic heterocycles. The Hall–Kier alpha value is -2.47. The van der Waals surface area contributed by atoms with Crippen LogP contribution < -0.4 is 4.74 Å². The lowest BCUT2D eigenvalue weighted by atomic mass is 10.1. The molecule has 0 aliphatic carbocycles. The summed E-state index contributed by atoms with van der Waals surface area (Å²) in [6.07, 6.45) is 1.48. The summed E-state index contributed by atoms with van der Waals surface area (Å²) in [6.45, 7) is 0.347. The van der Waals surface area contributed by atoms with Crippen molar-refractivity contribution in [2.45, 2.75) is 6.61 Å². The molecule has 2 aromatic carbocycles. The van der Waals surface area contributed by atoms with Crippen LogP contribution in [-0.4, -0.2) is 23.0 Å². The van der Waals surface area contributed by atoms with Crippen LogP contribution in [0.4, 0.5) is 0 Å². The van der Waals surface area contributed by atoms with Gasteiger partial charge in [0.1, 0.15) is 12.9 Å². The van der Waals surface area contributed by atoms with Crippen LogP contribution in [0, 0.1) is 0 Å². The van der Waals surface area contributed by atoms with Crippen LogP contribution in [0.15, 0.2) is 53.3 Å². The third-order valence-corrected chi connectivity index (χ3v) is 3.80. The Labute approximate surface area is 141 Å². The molecular weight excluding hydrogens is 360 g/mol. The molecule has 5 nitrogen and oxygen atoms in total. The zero-order valence-electron chi connectivity index (χ0n) is 12.3. The van der Waals surface area contributed by atoms with Gasteiger partial charge in [0.25, 0.3) is 0 Å². The zero-order chi connectivity index (χ0) is 16.2. The highest BCUT2D eigenvalue weighted by Gasteiger charge is 2.07. The lowest BCUT2D eigenvalue weighted by Crippen LogP contribution is -2.02. The molecule has 23 heavy (non-hydrogen) atoms. The molecule has 0 N–H and O–H groups in total. The van der Waals surface area contributed by atoms with Crippen molar-refractivity contribution >= 4 is 32.8 Å². The number of ether oxygens (including phenoxy) is 2. The molecule has 3 aromatic rings. The minimum absolute atomic E-state index is 0.347. The molecule has 1 heterocycles. The number of esters is 1. The van der Waals surface area contributed by atoms with Crippen LogP contribution in [0.1, 0.15) is 15.9 Å². The van der Waals surface area contributed by atoms with Gasteiger partial charge < -0.3 is 9.47 Å². The van der Waals surface area contributed by atoms with Crippen LogP contribution in [0.25, 0.3) is 10.9 Å². The molecule has 0 aliphatic rings. The van der Waals surface area contributed by atoms with Crippen LogP contribution in [0.3, 0.4) is 0 Å². The number of carbonyl (C=O) groups excluding carboxylic acids is 1. The third kappa shape index (κ3) is 3.48.